The number of nitrogens with one attached hydrogen (secondary N) is 1. The minimum atomic E-state index is -0.429. The number of fused-ring (bicyclic) bond motifs is 1. The van der Waals surface area contributed by atoms with Crippen LogP contribution in [0.3, 0.4) is 0 Å². The number of rotatable bonds is 8. The van der Waals surface area contributed by atoms with Crippen molar-refractivity contribution in [2.45, 2.75) is 25.9 Å². The molecule has 1 aromatic carbocycles. The average Bonchev–Trinajstić information content (AvgIpc) is 3.21. The minimum Gasteiger partial charge on any atom is -0.450 e. The molecular formula is C21H26ClN7O3. The highest BCUT2D eigenvalue weighted by Gasteiger charge is 2.12. The maximum Gasteiger partial charge on any atom is 0.407 e. The van der Waals surface area contributed by atoms with Gasteiger partial charge in [-0.2, -0.15) is 9.97 Å². The maximum absolute atomic E-state index is 12.0. The number of hydrogen-bond donors (Lipinski definition) is 2. The van der Waals surface area contributed by atoms with Crippen molar-refractivity contribution in [3.63, 3.8) is 0 Å². The molecule has 1 amide bonds. The smallest absolute Gasteiger partial charge is 0.407 e. The first-order valence-corrected chi connectivity index (χ1v) is 10.9. The van der Waals surface area contributed by atoms with E-state index in [-0.39, 0.29) is 11.1 Å². The molecule has 1 aliphatic rings. The highest BCUT2D eigenvalue weighted by atomic mass is 35.5. The molecule has 0 bridgehead atoms. The number of imidazole rings is 1. The second kappa shape index (κ2) is 10.5. The fourth-order valence-corrected chi connectivity index (χ4v) is 3.73. The zero-order valence-electron chi connectivity index (χ0n) is 17.7. The second-order valence-corrected chi connectivity index (χ2v) is 7.79. The molecule has 10 nitrogen and oxygen atoms in total. The van der Waals surface area contributed by atoms with E-state index in [4.69, 9.17) is 26.8 Å². The zero-order valence-corrected chi connectivity index (χ0v) is 18.4. The van der Waals surface area contributed by atoms with Gasteiger partial charge in [0.2, 0.25) is 5.28 Å². The van der Waals surface area contributed by atoms with Gasteiger partial charge < -0.3 is 30.0 Å². The van der Waals surface area contributed by atoms with Gasteiger partial charge in [-0.1, -0.05) is 12.1 Å². The van der Waals surface area contributed by atoms with E-state index < -0.39 is 6.09 Å². The monoisotopic (exact) mass is 459 g/mol. The molecule has 11 heteroatoms. The van der Waals surface area contributed by atoms with Crippen molar-refractivity contribution in [3.8, 4) is 0 Å². The Morgan fingerprint density at radius 2 is 2.09 bits per heavy atom. The molecule has 1 fully saturated rings. The third-order valence-corrected chi connectivity index (χ3v) is 5.38. The zero-order chi connectivity index (χ0) is 22.3. The molecule has 3 N–H and O–H groups in total. The Morgan fingerprint density at radius 1 is 1.25 bits per heavy atom. The normalized spacial score (nSPS) is 14.0. The van der Waals surface area contributed by atoms with Gasteiger partial charge in [0.05, 0.1) is 26.1 Å². The van der Waals surface area contributed by atoms with Gasteiger partial charge in [0.1, 0.15) is 5.52 Å². The van der Waals surface area contributed by atoms with E-state index >= 15 is 0 Å². The summed E-state index contributed by atoms with van der Waals surface area (Å²) in [5.41, 5.74) is 9.11. The summed E-state index contributed by atoms with van der Waals surface area (Å²) < 4.78 is 12.5. The molecule has 0 spiro atoms. The lowest BCUT2D eigenvalue weighted by atomic mass is 10.2. The van der Waals surface area contributed by atoms with Crippen LogP contribution in [0.15, 0.2) is 30.6 Å². The number of unbranched alkanes of at least 4 members (excludes halogenated alkanes) is 1. The van der Waals surface area contributed by atoms with Crippen molar-refractivity contribution in [1.82, 2.24) is 24.8 Å². The number of amides is 1. The molecule has 3 heterocycles. The van der Waals surface area contributed by atoms with Crippen LogP contribution in [-0.2, 0) is 22.6 Å². The Labute approximate surface area is 190 Å². The summed E-state index contributed by atoms with van der Waals surface area (Å²) in [6, 6.07) is 8.15. The molecule has 0 radical (unpaired) electrons. The molecule has 2 aromatic heterocycles. The summed E-state index contributed by atoms with van der Waals surface area (Å²) in [5, 5.41) is 2.90. The van der Waals surface area contributed by atoms with Crippen LogP contribution in [0.2, 0.25) is 5.28 Å². The third-order valence-electron chi connectivity index (χ3n) is 5.21. The van der Waals surface area contributed by atoms with E-state index in [1.165, 1.54) is 0 Å². The van der Waals surface area contributed by atoms with Gasteiger partial charge in [0, 0.05) is 31.9 Å². The Balaban J connectivity index is 1.17. The fourth-order valence-electron chi connectivity index (χ4n) is 3.56. The number of morpholine rings is 1. The number of nitrogens with two attached hydrogens (primary N) is 1. The van der Waals surface area contributed by atoms with Gasteiger partial charge in [-0.25, -0.2) is 9.78 Å². The van der Waals surface area contributed by atoms with E-state index in [0.717, 1.165) is 44.0 Å². The Bertz CT molecular complexity index is 1070. The molecular weight excluding hydrogens is 434 g/mol. The fraction of sp³-hybridized carbons (Fsp3) is 0.429. The first kappa shape index (κ1) is 22.1. The van der Waals surface area contributed by atoms with Gasteiger partial charge in [0.15, 0.2) is 11.5 Å². The molecule has 4 rings (SSSR count). The first-order valence-electron chi connectivity index (χ1n) is 10.6. The van der Waals surface area contributed by atoms with Crippen molar-refractivity contribution in [2.75, 3.05) is 43.5 Å². The number of halogens is 1. The van der Waals surface area contributed by atoms with Crippen LogP contribution < -0.4 is 16.0 Å². The van der Waals surface area contributed by atoms with Crippen LogP contribution >= 0.6 is 11.6 Å². The summed E-state index contributed by atoms with van der Waals surface area (Å²) in [5.74, 6) is 0.259. The quantitative estimate of drug-likeness (QED) is 0.389. The van der Waals surface area contributed by atoms with E-state index in [2.05, 4.69) is 37.3 Å². The van der Waals surface area contributed by atoms with Crippen LogP contribution in [0, 0.1) is 0 Å². The van der Waals surface area contributed by atoms with Crippen molar-refractivity contribution >= 4 is 40.4 Å². The number of nitrogen functional groups attached to an aromatic ring is 1. The number of hydrogen-bond acceptors (Lipinski definition) is 8. The number of alkyl carbamates (subject to hydrolysis) is 1. The van der Waals surface area contributed by atoms with Crippen LogP contribution in [0.25, 0.3) is 11.2 Å². The summed E-state index contributed by atoms with van der Waals surface area (Å²) in [6.45, 7) is 4.62. The summed E-state index contributed by atoms with van der Waals surface area (Å²) in [7, 11) is 0. The van der Waals surface area contributed by atoms with E-state index in [9.17, 15) is 4.79 Å². The predicted molar refractivity (Wildman–Crippen MR) is 122 cm³/mol. The van der Waals surface area contributed by atoms with Crippen LogP contribution in [0.4, 0.5) is 16.3 Å². The number of ether oxygens (including phenoxy) is 2. The molecule has 0 unspecified atom stereocenters. The second-order valence-electron chi connectivity index (χ2n) is 7.45. The Hall–Kier alpha value is -3.11. The SMILES string of the molecule is Nc1nc(Cl)nc2c1ncn2CCCCOC(=O)NCc1cccc(N2CCOCC2)c1. The minimum absolute atomic E-state index is 0.0900. The number of aromatic nitrogens is 4. The molecule has 0 aliphatic carbocycles. The predicted octanol–water partition coefficient (Wildman–Crippen LogP) is 2.61. The molecule has 0 saturated carbocycles. The van der Waals surface area contributed by atoms with Gasteiger partial charge >= 0.3 is 6.09 Å². The highest BCUT2D eigenvalue weighted by molar-refractivity contribution is 6.28. The Kier molecular flexibility index (Phi) is 7.23. The van der Waals surface area contributed by atoms with Gasteiger partial charge in [-0.3, -0.25) is 0 Å². The largest absolute Gasteiger partial charge is 0.450 e. The average molecular weight is 460 g/mol. The third kappa shape index (κ3) is 5.57. The molecule has 1 saturated heterocycles. The summed E-state index contributed by atoms with van der Waals surface area (Å²) in [6.07, 6.45) is 2.71. The number of nitrogens with zero attached hydrogens (tertiary/aromatic N) is 5. The molecule has 3 aromatic rings. The lowest BCUT2D eigenvalue weighted by Gasteiger charge is -2.29. The lowest BCUT2D eigenvalue weighted by molar-refractivity contribution is 0.122. The summed E-state index contributed by atoms with van der Waals surface area (Å²) in [4.78, 5) is 26.6. The lowest BCUT2D eigenvalue weighted by Crippen LogP contribution is -2.36. The standard InChI is InChI=1S/C21H26ClN7O3/c22-20-26-18(23)17-19(27-20)29(14-25-17)6-1-2-9-32-21(30)24-13-15-4-3-5-16(12-15)28-7-10-31-11-8-28/h3-5,12,14H,1-2,6-11,13H2,(H,24,30)(H2,23,26,27). The van der Waals surface area contributed by atoms with E-state index in [1.807, 2.05) is 16.7 Å². The van der Waals surface area contributed by atoms with Crippen molar-refractivity contribution < 1.29 is 14.3 Å². The molecule has 170 valence electrons. The number of carbonyl (C=O) groups excluding carboxylic acids is 1. The first-order chi connectivity index (χ1) is 15.6. The summed E-state index contributed by atoms with van der Waals surface area (Å²) >= 11 is 5.88. The van der Waals surface area contributed by atoms with Crippen LogP contribution in [-0.4, -0.2) is 58.5 Å². The number of anilines is 2. The maximum atomic E-state index is 12.0. The van der Waals surface area contributed by atoms with Crippen molar-refractivity contribution in [2.24, 2.45) is 0 Å². The van der Waals surface area contributed by atoms with Crippen molar-refractivity contribution in [3.05, 3.63) is 41.4 Å². The molecule has 1 aliphatic heterocycles. The van der Waals surface area contributed by atoms with Gasteiger partial charge in [-0.15, -0.1) is 0 Å². The topological polar surface area (TPSA) is 120 Å². The van der Waals surface area contributed by atoms with Gasteiger partial charge in [0.25, 0.3) is 0 Å². The Morgan fingerprint density at radius 3 is 2.94 bits per heavy atom. The van der Waals surface area contributed by atoms with Gasteiger partial charge in [-0.05, 0) is 42.1 Å². The number of carbonyl (C=O) groups is 1. The molecule has 32 heavy (non-hydrogen) atoms. The van der Waals surface area contributed by atoms with Crippen LogP contribution in [0.5, 0.6) is 0 Å². The number of aryl methyl sites for hydroxylation is 1. The van der Waals surface area contributed by atoms with E-state index in [1.54, 1.807) is 6.33 Å². The van der Waals surface area contributed by atoms with Crippen molar-refractivity contribution in [1.29, 1.82) is 0 Å². The van der Waals surface area contributed by atoms with Crippen LogP contribution in [0.1, 0.15) is 18.4 Å². The highest BCUT2D eigenvalue weighted by Crippen LogP contribution is 2.19. The number of benzene rings is 1. The molecule has 0 atom stereocenters. The van der Waals surface area contributed by atoms with E-state index in [0.29, 0.717) is 37.3 Å².